The molecule has 114 valence electrons. The van der Waals surface area contributed by atoms with Crippen molar-refractivity contribution in [3.8, 4) is 0 Å². The molecule has 21 heavy (non-hydrogen) atoms. The van der Waals surface area contributed by atoms with Crippen molar-refractivity contribution < 1.29 is 26.8 Å². The van der Waals surface area contributed by atoms with Gasteiger partial charge in [-0.15, -0.1) is 0 Å². The molecule has 1 aliphatic rings. The van der Waals surface area contributed by atoms with Gasteiger partial charge in [-0.1, -0.05) is 0 Å². The van der Waals surface area contributed by atoms with Crippen LogP contribution in [0, 0.1) is 17.6 Å². The second-order valence-corrected chi connectivity index (χ2v) is 6.90. The van der Waals surface area contributed by atoms with E-state index in [0.717, 1.165) is 12.1 Å². The third-order valence-corrected chi connectivity index (χ3v) is 4.85. The van der Waals surface area contributed by atoms with E-state index in [4.69, 9.17) is 0 Å². The van der Waals surface area contributed by atoms with Crippen LogP contribution in [0.25, 0.3) is 0 Å². The fourth-order valence-electron chi connectivity index (χ4n) is 1.93. The molecule has 2 amide bonds. The van der Waals surface area contributed by atoms with E-state index >= 15 is 0 Å². The summed E-state index contributed by atoms with van der Waals surface area (Å²) in [7, 11) is -3.21. The maximum atomic E-state index is 13.0. The zero-order valence-corrected chi connectivity index (χ0v) is 11.5. The number of halogens is 2. The summed E-state index contributed by atoms with van der Waals surface area (Å²) in [5.74, 6) is -4.79. The first kappa shape index (κ1) is 15.4. The van der Waals surface area contributed by atoms with Crippen molar-refractivity contribution in [1.29, 1.82) is 0 Å². The highest BCUT2D eigenvalue weighted by Crippen LogP contribution is 2.18. The molecule has 9 heteroatoms. The van der Waals surface area contributed by atoms with Crippen LogP contribution in [0.4, 0.5) is 8.78 Å². The molecule has 1 atom stereocenters. The Bertz CT molecular complexity index is 690. The summed E-state index contributed by atoms with van der Waals surface area (Å²) in [4.78, 5) is 23.3. The van der Waals surface area contributed by atoms with Gasteiger partial charge in [-0.05, 0) is 24.6 Å². The topological polar surface area (TPSA) is 92.3 Å². The average Bonchev–Trinajstić information content (AvgIpc) is 2.79. The number of benzene rings is 1. The number of carbonyl (C=O) groups excluding carboxylic acids is 2. The van der Waals surface area contributed by atoms with Gasteiger partial charge in [-0.25, -0.2) is 17.2 Å². The fourth-order valence-corrected chi connectivity index (χ4v) is 3.67. The minimum atomic E-state index is -3.21. The maximum Gasteiger partial charge on any atom is 0.269 e. The summed E-state index contributed by atoms with van der Waals surface area (Å²) in [5.41, 5.74) is 3.93. The van der Waals surface area contributed by atoms with Crippen LogP contribution in [0.5, 0.6) is 0 Å². The number of nitrogens with one attached hydrogen (secondary N) is 2. The first-order chi connectivity index (χ1) is 9.78. The van der Waals surface area contributed by atoms with Gasteiger partial charge in [0.25, 0.3) is 5.91 Å². The van der Waals surface area contributed by atoms with Crippen molar-refractivity contribution in [3.05, 3.63) is 35.4 Å². The summed E-state index contributed by atoms with van der Waals surface area (Å²) in [6.45, 7) is 0. The van der Waals surface area contributed by atoms with Crippen LogP contribution in [0.3, 0.4) is 0 Å². The third-order valence-electron chi connectivity index (χ3n) is 3.08. The van der Waals surface area contributed by atoms with Crippen LogP contribution in [-0.4, -0.2) is 31.7 Å². The Labute approximate surface area is 119 Å². The minimum absolute atomic E-state index is 0.0673. The summed E-state index contributed by atoms with van der Waals surface area (Å²) < 4.78 is 48.1. The van der Waals surface area contributed by atoms with Crippen LogP contribution in [0.15, 0.2) is 18.2 Å². The van der Waals surface area contributed by atoms with Gasteiger partial charge >= 0.3 is 0 Å². The highest BCUT2D eigenvalue weighted by molar-refractivity contribution is 7.91. The van der Waals surface area contributed by atoms with Crippen molar-refractivity contribution >= 4 is 21.7 Å². The van der Waals surface area contributed by atoms with Gasteiger partial charge < -0.3 is 0 Å². The molecule has 1 aromatic carbocycles. The van der Waals surface area contributed by atoms with E-state index in [0.29, 0.717) is 6.07 Å². The van der Waals surface area contributed by atoms with Crippen LogP contribution in [0.2, 0.25) is 0 Å². The molecule has 0 aromatic heterocycles. The van der Waals surface area contributed by atoms with Crippen LogP contribution < -0.4 is 10.9 Å². The Balaban J connectivity index is 1.92. The number of hydrazine groups is 1. The van der Waals surface area contributed by atoms with Gasteiger partial charge in [-0.2, -0.15) is 0 Å². The average molecular weight is 318 g/mol. The van der Waals surface area contributed by atoms with E-state index in [1.54, 1.807) is 0 Å². The smallest absolute Gasteiger partial charge is 0.269 e. The zero-order valence-electron chi connectivity index (χ0n) is 10.7. The molecule has 2 rings (SSSR count). The predicted octanol–water partition coefficient (Wildman–Crippen LogP) is 0.161. The largest absolute Gasteiger partial charge is 0.273 e. The van der Waals surface area contributed by atoms with Gasteiger partial charge in [0.2, 0.25) is 5.91 Å². The van der Waals surface area contributed by atoms with Crippen LogP contribution in [-0.2, 0) is 14.6 Å². The first-order valence-electron chi connectivity index (χ1n) is 6.04. The van der Waals surface area contributed by atoms with Crippen LogP contribution in [0.1, 0.15) is 16.8 Å². The number of hydrogen-bond donors (Lipinski definition) is 2. The third kappa shape index (κ3) is 3.75. The molecule has 1 heterocycles. The lowest BCUT2D eigenvalue weighted by Crippen LogP contribution is -2.44. The molecule has 0 aliphatic carbocycles. The van der Waals surface area contributed by atoms with E-state index in [9.17, 15) is 26.8 Å². The summed E-state index contributed by atoms with van der Waals surface area (Å²) in [6, 6.07) is 2.53. The van der Waals surface area contributed by atoms with Crippen molar-refractivity contribution in [3.63, 3.8) is 0 Å². The molecular weight excluding hydrogens is 306 g/mol. The molecule has 1 aromatic rings. The highest BCUT2D eigenvalue weighted by atomic mass is 32.2. The number of rotatable bonds is 2. The van der Waals surface area contributed by atoms with Crippen molar-refractivity contribution in [2.75, 3.05) is 11.5 Å². The second-order valence-electron chi connectivity index (χ2n) is 4.67. The number of hydrogen-bond acceptors (Lipinski definition) is 4. The molecule has 0 bridgehead atoms. The molecule has 0 radical (unpaired) electrons. The summed E-state index contributed by atoms with van der Waals surface area (Å²) in [5, 5.41) is 0. The summed E-state index contributed by atoms with van der Waals surface area (Å²) >= 11 is 0. The lowest BCUT2D eigenvalue weighted by atomic mass is 10.1. The van der Waals surface area contributed by atoms with Gasteiger partial charge in [0.05, 0.1) is 17.4 Å². The SMILES string of the molecule is O=C(NNC(=O)[C@@H]1CCS(=O)(=O)C1)c1ccc(F)c(F)c1. The van der Waals surface area contributed by atoms with Gasteiger partial charge in [-0.3, -0.25) is 20.4 Å². The zero-order chi connectivity index (χ0) is 15.6. The van der Waals surface area contributed by atoms with E-state index in [-0.39, 0.29) is 23.5 Å². The molecular formula is C12H12F2N2O4S. The minimum Gasteiger partial charge on any atom is -0.273 e. The van der Waals surface area contributed by atoms with E-state index < -0.39 is 39.2 Å². The van der Waals surface area contributed by atoms with Gasteiger partial charge in [0, 0.05) is 5.56 Å². The maximum absolute atomic E-state index is 13.0. The lowest BCUT2D eigenvalue weighted by Gasteiger charge is -2.10. The van der Waals surface area contributed by atoms with Crippen molar-refractivity contribution in [2.45, 2.75) is 6.42 Å². The molecule has 0 saturated carbocycles. The molecule has 0 spiro atoms. The fraction of sp³-hybridized carbons (Fsp3) is 0.333. The van der Waals surface area contributed by atoms with Crippen molar-refractivity contribution in [1.82, 2.24) is 10.9 Å². The summed E-state index contributed by atoms with van der Waals surface area (Å²) in [6.07, 6.45) is 0.190. The Morgan fingerprint density at radius 3 is 2.43 bits per heavy atom. The molecule has 0 unspecified atom stereocenters. The van der Waals surface area contributed by atoms with Crippen molar-refractivity contribution in [2.24, 2.45) is 5.92 Å². The first-order valence-corrected chi connectivity index (χ1v) is 7.86. The van der Waals surface area contributed by atoms with Crippen LogP contribution >= 0.6 is 0 Å². The highest BCUT2D eigenvalue weighted by Gasteiger charge is 2.33. The lowest BCUT2D eigenvalue weighted by molar-refractivity contribution is -0.125. The quantitative estimate of drug-likeness (QED) is 0.760. The number of sulfone groups is 1. The number of amides is 2. The normalized spacial score (nSPS) is 20.0. The second kappa shape index (κ2) is 5.76. The predicted molar refractivity (Wildman–Crippen MR) is 68.7 cm³/mol. The molecule has 2 N–H and O–H groups in total. The van der Waals surface area contributed by atoms with E-state index in [2.05, 4.69) is 5.43 Å². The number of carbonyl (C=O) groups is 2. The Morgan fingerprint density at radius 1 is 1.14 bits per heavy atom. The molecule has 1 saturated heterocycles. The Hall–Kier alpha value is -2.03. The Kier molecular flexibility index (Phi) is 4.21. The van der Waals surface area contributed by atoms with Gasteiger partial charge in [0.15, 0.2) is 21.5 Å². The Morgan fingerprint density at radius 2 is 1.86 bits per heavy atom. The van der Waals surface area contributed by atoms with E-state index in [1.807, 2.05) is 5.43 Å². The molecule has 1 aliphatic heterocycles. The van der Waals surface area contributed by atoms with Gasteiger partial charge in [0.1, 0.15) is 0 Å². The molecule has 6 nitrogen and oxygen atoms in total. The van der Waals surface area contributed by atoms with E-state index in [1.165, 1.54) is 0 Å². The standard InChI is InChI=1S/C12H12F2N2O4S/c13-9-2-1-7(5-10(9)14)11(17)15-16-12(18)8-3-4-21(19,20)6-8/h1-2,5,8H,3-4,6H2,(H,15,17)(H,16,18)/t8-/m1/s1. The molecule has 1 fully saturated rings. The monoisotopic (exact) mass is 318 g/mol.